The second-order valence-corrected chi connectivity index (χ2v) is 6.20. The van der Waals surface area contributed by atoms with Crippen molar-refractivity contribution < 1.29 is 28.6 Å². The molecule has 0 aromatic heterocycles. The maximum absolute atomic E-state index is 12.1. The zero-order chi connectivity index (χ0) is 20.0. The van der Waals surface area contributed by atoms with Crippen molar-refractivity contribution in [2.24, 2.45) is 0 Å². The number of hydrogen-bond donors (Lipinski definition) is 2. The maximum atomic E-state index is 12.1. The van der Waals surface area contributed by atoms with Crippen LogP contribution in [0.15, 0.2) is 29.5 Å². The Morgan fingerprint density at radius 3 is 2.67 bits per heavy atom. The van der Waals surface area contributed by atoms with E-state index < -0.39 is 24.0 Å². The summed E-state index contributed by atoms with van der Waals surface area (Å²) in [5, 5.41) is 5.63. The number of ether oxygens (including phenoxy) is 3. The average Bonchev–Trinajstić information content (AvgIpc) is 2.60. The van der Waals surface area contributed by atoms with Gasteiger partial charge in [0.25, 0.3) is 0 Å². The Balaban J connectivity index is 1.98. The Bertz CT molecular complexity index is 777. The highest BCUT2D eigenvalue weighted by atomic mass is 35.5. The summed E-state index contributed by atoms with van der Waals surface area (Å²) >= 11 is 5.93. The summed E-state index contributed by atoms with van der Waals surface area (Å²) in [5.74, 6) is -0.765. The molecule has 0 spiro atoms. The van der Waals surface area contributed by atoms with E-state index in [1.165, 1.54) is 0 Å². The average molecular weight is 397 g/mol. The molecule has 1 aliphatic rings. The van der Waals surface area contributed by atoms with Crippen LogP contribution in [0.4, 0.5) is 4.79 Å². The molecule has 2 N–H and O–H groups in total. The van der Waals surface area contributed by atoms with Gasteiger partial charge in [0.05, 0.1) is 23.9 Å². The van der Waals surface area contributed by atoms with Crippen LogP contribution in [0.5, 0.6) is 5.75 Å². The molecule has 0 radical (unpaired) electrons. The first-order valence-electron chi connectivity index (χ1n) is 8.34. The fourth-order valence-corrected chi connectivity index (χ4v) is 2.55. The number of carbonyl (C=O) groups excluding carboxylic acids is 3. The minimum absolute atomic E-state index is 0.181. The van der Waals surface area contributed by atoms with Crippen molar-refractivity contribution in [3.63, 3.8) is 0 Å². The molecule has 8 nitrogen and oxygen atoms in total. The number of hydrogen-bond acceptors (Lipinski definition) is 6. The van der Waals surface area contributed by atoms with Gasteiger partial charge in [0.2, 0.25) is 0 Å². The minimum atomic E-state index is -0.654. The van der Waals surface area contributed by atoms with Crippen molar-refractivity contribution >= 4 is 29.6 Å². The van der Waals surface area contributed by atoms with E-state index in [0.29, 0.717) is 10.8 Å². The molecule has 27 heavy (non-hydrogen) atoms. The lowest BCUT2D eigenvalue weighted by molar-refractivity contribution is -0.145. The molecule has 1 aliphatic heterocycles. The van der Waals surface area contributed by atoms with Crippen molar-refractivity contribution in [2.75, 3.05) is 19.8 Å². The lowest BCUT2D eigenvalue weighted by atomic mass is 10.0. The number of amides is 2. The highest BCUT2D eigenvalue weighted by Gasteiger charge is 2.30. The van der Waals surface area contributed by atoms with Crippen LogP contribution in [-0.2, 0) is 19.1 Å². The second kappa shape index (κ2) is 9.27. The molecule has 9 heteroatoms. The summed E-state index contributed by atoms with van der Waals surface area (Å²) < 4.78 is 15.5. The largest absolute Gasteiger partial charge is 0.482 e. The number of benzene rings is 1. The van der Waals surface area contributed by atoms with Crippen molar-refractivity contribution in [1.82, 2.24) is 10.6 Å². The number of aryl methyl sites for hydroxylation is 1. The van der Waals surface area contributed by atoms with Crippen molar-refractivity contribution in [2.45, 2.75) is 26.8 Å². The molecule has 1 heterocycles. The fourth-order valence-electron chi connectivity index (χ4n) is 2.44. The van der Waals surface area contributed by atoms with Crippen molar-refractivity contribution in [3.8, 4) is 5.75 Å². The van der Waals surface area contributed by atoms with Crippen LogP contribution < -0.4 is 15.4 Å². The van der Waals surface area contributed by atoms with E-state index in [4.69, 9.17) is 25.8 Å². The minimum Gasteiger partial charge on any atom is -0.482 e. The normalized spacial score (nSPS) is 16.3. The topological polar surface area (TPSA) is 103 Å². The van der Waals surface area contributed by atoms with Crippen molar-refractivity contribution in [3.05, 3.63) is 40.1 Å². The molecule has 146 valence electrons. The van der Waals surface area contributed by atoms with Crippen LogP contribution in [0, 0.1) is 6.92 Å². The summed E-state index contributed by atoms with van der Waals surface area (Å²) in [4.78, 5) is 35.7. The zero-order valence-corrected chi connectivity index (χ0v) is 16.0. The molecule has 2 rings (SSSR count). The van der Waals surface area contributed by atoms with Gasteiger partial charge in [-0.15, -0.1) is 0 Å². The molecule has 2 amide bonds. The van der Waals surface area contributed by atoms with E-state index in [-0.39, 0.29) is 31.1 Å². The van der Waals surface area contributed by atoms with Crippen LogP contribution in [0.25, 0.3) is 0 Å². The predicted molar refractivity (Wildman–Crippen MR) is 97.4 cm³/mol. The van der Waals surface area contributed by atoms with Gasteiger partial charge in [0.1, 0.15) is 12.4 Å². The first-order valence-corrected chi connectivity index (χ1v) is 8.71. The summed E-state index contributed by atoms with van der Waals surface area (Å²) in [7, 11) is 0. The Morgan fingerprint density at radius 2 is 2.00 bits per heavy atom. The smallest absolute Gasteiger partial charge is 0.344 e. The third-order valence-electron chi connectivity index (χ3n) is 3.73. The van der Waals surface area contributed by atoms with E-state index in [1.807, 2.05) is 6.92 Å². The Kier molecular flexibility index (Phi) is 7.06. The van der Waals surface area contributed by atoms with E-state index in [1.54, 1.807) is 32.0 Å². The number of halogens is 1. The number of urea groups is 1. The van der Waals surface area contributed by atoms with E-state index in [2.05, 4.69) is 10.6 Å². The van der Waals surface area contributed by atoms with Crippen LogP contribution in [-0.4, -0.2) is 43.8 Å². The van der Waals surface area contributed by atoms with Crippen LogP contribution in [0.2, 0.25) is 5.02 Å². The van der Waals surface area contributed by atoms with Crippen LogP contribution in [0.1, 0.15) is 19.4 Å². The lowest BCUT2D eigenvalue weighted by Crippen LogP contribution is -2.50. The Labute approximate surface area is 161 Å². The first-order chi connectivity index (χ1) is 12.8. The Hall–Kier alpha value is -2.74. The van der Waals surface area contributed by atoms with E-state index in [0.717, 1.165) is 5.56 Å². The summed E-state index contributed by atoms with van der Waals surface area (Å²) in [6.45, 7) is 4.70. The number of nitrogens with one attached hydrogen (secondary N) is 2. The Morgan fingerprint density at radius 1 is 1.26 bits per heavy atom. The second-order valence-electron chi connectivity index (χ2n) is 5.79. The molecule has 1 aromatic rings. The van der Waals surface area contributed by atoms with Gasteiger partial charge < -0.3 is 24.8 Å². The first kappa shape index (κ1) is 20.6. The number of rotatable bonds is 7. The molecule has 0 saturated heterocycles. The third-order valence-corrected chi connectivity index (χ3v) is 4.15. The van der Waals surface area contributed by atoms with Crippen LogP contribution >= 0.6 is 11.6 Å². The van der Waals surface area contributed by atoms with E-state index in [9.17, 15) is 14.4 Å². The molecular formula is C18H21ClN2O6. The molecule has 1 unspecified atom stereocenters. The van der Waals surface area contributed by atoms with Gasteiger partial charge in [-0.1, -0.05) is 11.6 Å². The molecule has 1 aromatic carbocycles. The molecule has 0 saturated carbocycles. The van der Waals surface area contributed by atoms with Gasteiger partial charge in [0.15, 0.2) is 6.61 Å². The standard InChI is InChI=1S/C18H21ClN2O6/c1-4-25-17(23)16-11(3)20-18(24)21-14(16)8-27-15(22)9-26-12-5-6-13(19)10(2)7-12/h5-7,11H,4,8-9H2,1-3H3,(H2,20,21,24). The molecule has 0 bridgehead atoms. The molecule has 1 atom stereocenters. The van der Waals surface area contributed by atoms with Gasteiger partial charge >= 0.3 is 18.0 Å². The van der Waals surface area contributed by atoms with Gasteiger partial charge in [-0.3, -0.25) is 0 Å². The van der Waals surface area contributed by atoms with Crippen molar-refractivity contribution in [1.29, 1.82) is 0 Å². The molecule has 0 fully saturated rings. The molecule has 0 aliphatic carbocycles. The quantitative estimate of drug-likeness (QED) is 0.684. The summed E-state index contributed by atoms with van der Waals surface area (Å²) in [6.07, 6.45) is 0. The lowest BCUT2D eigenvalue weighted by Gasteiger charge is -2.26. The van der Waals surface area contributed by atoms with Gasteiger partial charge in [0, 0.05) is 5.02 Å². The summed E-state index contributed by atoms with van der Waals surface area (Å²) in [6, 6.07) is 3.94. The van der Waals surface area contributed by atoms with Crippen LogP contribution in [0.3, 0.4) is 0 Å². The number of carbonyl (C=O) groups is 3. The monoisotopic (exact) mass is 396 g/mol. The fraction of sp³-hybridized carbons (Fsp3) is 0.389. The summed E-state index contributed by atoms with van der Waals surface area (Å²) in [5.41, 5.74) is 1.21. The predicted octanol–water partition coefficient (Wildman–Crippen LogP) is 2.09. The third kappa shape index (κ3) is 5.62. The zero-order valence-electron chi connectivity index (χ0n) is 15.3. The van der Waals surface area contributed by atoms with Gasteiger partial charge in [-0.2, -0.15) is 0 Å². The SMILES string of the molecule is CCOC(=O)C1=C(COC(=O)COc2ccc(Cl)c(C)c2)NC(=O)NC1C. The molecular weight excluding hydrogens is 376 g/mol. The highest BCUT2D eigenvalue weighted by Crippen LogP contribution is 2.21. The van der Waals surface area contributed by atoms with E-state index >= 15 is 0 Å². The number of esters is 2. The maximum Gasteiger partial charge on any atom is 0.344 e. The van der Waals surface area contributed by atoms with Gasteiger partial charge in [-0.05, 0) is 44.5 Å². The van der Waals surface area contributed by atoms with Gasteiger partial charge in [-0.25, -0.2) is 14.4 Å². The highest BCUT2D eigenvalue weighted by molar-refractivity contribution is 6.31.